The van der Waals surface area contributed by atoms with Crippen LogP contribution in [0.25, 0.3) is 0 Å². The van der Waals surface area contributed by atoms with Gasteiger partial charge in [-0.05, 0) is 11.8 Å². The molecule has 5 nitrogen and oxygen atoms in total. The molecular formula is C12H24N2O3. The van der Waals surface area contributed by atoms with E-state index in [4.69, 9.17) is 5.11 Å². The van der Waals surface area contributed by atoms with Crippen molar-refractivity contribution in [3.8, 4) is 0 Å². The van der Waals surface area contributed by atoms with Gasteiger partial charge in [0.05, 0.1) is 6.42 Å². The van der Waals surface area contributed by atoms with E-state index in [9.17, 15) is 9.59 Å². The van der Waals surface area contributed by atoms with Crippen LogP contribution in [0.4, 0.5) is 4.79 Å². The van der Waals surface area contributed by atoms with Crippen molar-refractivity contribution in [2.75, 3.05) is 19.6 Å². The SMILES string of the molecule is CC(C)CN(CC(C)C)C(=O)NCCC(=O)O. The largest absolute Gasteiger partial charge is 0.481 e. The highest BCUT2D eigenvalue weighted by atomic mass is 16.4. The van der Waals surface area contributed by atoms with Gasteiger partial charge >= 0.3 is 12.0 Å². The summed E-state index contributed by atoms with van der Waals surface area (Å²) in [5, 5.41) is 11.1. The van der Waals surface area contributed by atoms with Gasteiger partial charge in [0, 0.05) is 19.6 Å². The molecule has 0 aromatic heterocycles. The second-order valence-corrected chi connectivity index (χ2v) is 5.07. The quantitative estimate of drug-likeness (QED) is 0.717. The topological polar surface area (TPSA) is 69.6 Å². The molecule has 0 radical (unpaired) electrons. The Morgan fingerprint density at radius 1 is 1.12 bits per heavy atom. The number of hydrogen-bond acceptors (Lipinski definition) is 2. The first kappa shape index (κ1) is 15.7. The molecule has 0 aromatic carbocycles. The standard InChI is InChI=1S/C12H24N2O3/c1-9(2)7-14(8-10(3)4)12(17)13-6-5-11(15)16/h9-10H,5-8H2,1-4H3,(H,13,17)(H,15,16). The molecule has 0 spiro atoms. The fourth-order valence-corrected chi connectivity index (χ4v) is 1.51. The molecule has 2 N–H and O–H groups in total. The van der Waals surface area contributed by atoms with Crippen LogP contribution in [0.2, 0.25) is 0 Å². The summed E-state index contributed by atoms with van der Waals surface area (Å²) in [7, 11) is 0. The first-order valence-electron chi connectivity index (χ1n) is 6.07. The normalized spacial score (nSPS) is 10.7. The van der Waals surface area contributed by atoms with E-state index in [2.05, 4.69) is 33.0 Å². The lowest BCUT2D eigenvalue weighted by molar-refractivity contribution is -0.136. The average molecular weight is 244 g/mol. The van der Waals surface area contributed by atoms with Crippen molar-refractivity contribution in [3.05, 3.63) is 0 Å². The van der Waals surface area contributed by atoms with E-state index < -0.39 is 5.97 Å². The minimum atomic E-state index is -0.899. The Morgan fingerprint density at radius 3 is 1.94 bits per heavy atom. The van der Waals surface area contributed by atoms with Crippen molar-refractivity contribution < 1.29 is 14.7 Å². The van der Waals surface area contributed by atoms with Crippen LogP contribution in [0.3, 0.4) is 0 Å². The van der Waals surface area contributed by atoms with Gasteiger partial charge in [0.25, 0.3) is 0 Å². The maximum atomic E-state index is 11.8. The molecule has 0 saturated heterocycles. The van der Waals surface area contributed by atoms with E-state index in [-0.39, 0.29) is 19.0 Å². The Labute approximate surface area is 103 Å². The van der Waals surface area contributed by atoms with Crippen molar-refractivity contribution in [1.29, 1.82) is 0 Å². The van der Waals surface area contributed by atoms with Crippen molar-refractivity contribution in [1.82, 2.24) is 10.2 Å². The molecule has 17 heavy (non-hydrogen) atoms. The van der Waals surface area contributed by atoms with Gasteiger partial charge in [-0.3, -0.25) is 4.79 Å². The number of carboxylic acids is 1. The molecule has 0 saturated carbocycles. The van der Waals surface area contributed by atoms with Crippen LogP contribution in [0.5, 0.6) is 0 Å². The highest BCUT2D eigenvalue weighted by Crippen LogP contribution is 2.04. The van der Waals surface area contributed by atoms with Crippen molar-refractivity contribution in [2.45, 2.75) is 34.1 Å². The first-order chi connectivity index (χ1) is 7.82. The lowest BCUT2D eigenvalue weighted by Crippen LogP contribution is -2.44. The summed E-state index contributed by atoms with van der Waals surface area (Å²) in [4.78, 5) is 23.9. The number of hydrogen-bond donors (Lipinski definition) is 2. The number of carboxylic acid groups (broad SMARTS) is 1. The Balaban J connectivity index is 4.17. The highest BCUT2D eigenvalue weighted by Gasteiger charge is 2.15. The average Bonchev–Trinajstić information content (AvgIpc) is 2.14. The molecule has 0 rings (SSSR count). The Kier molecular flexibility index (Phi) is 7.34. The van der Waals surface area contributed by atoms with Gasteiger partial charge in [0.15, 0.2) is 0 Å². The molecule has 0 bridgehead atoms. The van der Waals surface area contributed by atoms with Crippen molar-refractivity contribution in [2.24, 2.45) is 11.8 Å². The molecule has 2 amide bonds. The third kappa shape index (κ3) is 8.54. The molecule has 5 heteroatoms. The van der Waals surface area contributed by atoms with Crippen LogP contribution in [0.15, 0.2) is 0 Å². The van der Waals surface area contributed by atoms with Crippen LogP contribution >= 0.6 is 0 Å². The fourth-order valence-electron chi connectivity index (χ4n) is 1.51. The number of aliphatic carboxylic acids is 1. The molecule has 0 unspecified atom stereocenters. The molecule has 0 aliphatic carbocycles. The smallest absolute Gasteiger partial charge is 0.317 e. The van der Waals surface area contributed by atoms with Gasteiger partial charge in [-0.15, -0.1) is 0 Å². The van der Waals surface area contributed by atoms with Crippen LogP contribution < -0.4 is 5.32 Å². The highest BCUT2D eigenvalue weighted by molar-refractivity contribution is 5.75. The van der Waals surface area contributed by atoms with E-state index in [1.807, 2.05) is 0 Å². The van der Waals surface area contributed by atoms with E-state index in [1.165, 1.54) is 0 Å². The molecule has 0 aliphatic rings. The van der Waals surface area contributed by atoms with Gasteiger partial charge in [0.1, 0.15) is 0 Å². The summed E-state index contributed by atoms with van der Waals surface area (Å²) in [6.45, 7) is 9.78. The lowest BCUT2D eigenvalue weighted by Gasteiger charge is -2.26. The number of urea groups is 1. The summed E-state index contributed by atoms with van der Waals surface area (Å²) in [5.41, 5.74) is 0. The Morgan fingerprint density at radius 2 is 1.59 bits per heavy atom. The van der Waals surface area contributed by atoms with Gasteiger partial charge in [-0.2, -0.15) is 0 Å². The van der Waals surface area contributed by atoms with Crippen molar-refractivity contribution >= 4 is 12.0 Å². The number of amides is 2. The zero-order valence-corrected chi connectivity index (χ0v) is 11.2. The predicted octanol–water partition coefficient (Wildman–Crippen LogP) is 1.78. The summed E-state index contributed by atoms with van der Waals surface area (Å²) in [5.74, 6) is -0.0949. The number of rotatable bonds is 7. The van der Waals surface area contributed by atoms with Gasteiger partial charge in [-0.25, -0.2) is 4.79 Å². The fraction of sp³-hybridized carbons (Fsp3) is 0.833. The van der Waals surface area contributed by atoms with Gasteiger partial charge < -0.3 is 15.3 Å². The molecule has 0 atom stereocenters. The number of carbonyl (C=O) groups excluding carboxylic acids is 1. The zero-order chi connectivity index (χ0) is 13.4. The number of nitrogens with zero attached hydrogens (tertiary/aromatic N) is 1. The van der Waals surface area contributed by atoms with Gasteiger partial charge in [0.2, 0.25) is 0 Å². The monoisotopic (exact) mass is 244 g/mol. The van der Waals surface area contributed by atoms with E-state index in [1.54, 1.807) is 4.90 Å². The second kappa shape index (κ2) is 7.92. The maximum Gasteiger partial charge on any atom is 0.317 e. The van der Waals surface area contributed by atoms with Gasteiger partial charge in [-0.1, -0.05) is 27.7 Å². The minimum absolute atomic E-state index is 0.0388. The molecule has 0 aliphatic heterocycles. The molecule has 0 fully saturated rings. The number of nitrogens with one attached hydrogen (secondary N) is 1. The summed E-state index contributed by atoms with van der Waals surface area (Å²) in [6, 6.07) is -0.173. The van der Waals surface area contributed by atoms with Crippen LogP contribution in [-0.2, 0) is 4.79 Å². The van der Waals surface area contributed by atoms with Crippen molar-refractivity contribution in [3.63, 3.8) is 0 Å². The van der Waals surface area contributed by atoms with Crippen LogP contribution in [-0.4, -0.2) is 41.6 Å². The summed E-state index contributed by atoms with van der Waals surface area (Å²) in [6.07, 6.45) is -0.0388. The third-order valence-corrected chi connectivity index (χ3v) is 2.07. The molecule has 0 aromatic rings. The van der Waals surface area contributed by atoms with E-state index >= 15 is 0 Å². The van der Waals surface area contributed by atoms with Crippen LogP contribution in [0.1, 0.15) is 34.1 Å². The number of carbonyl (C=O) groups is 2. The lowest BCUT2D eigenvalue weighted by atomic mass is 10.1. The van der Waals surface area contributed by atoms with Crippen LogP contribution in [0, 0.1) is 11.8 Å². The second-order valence-electron chi connectivity index (χ2n) is 5.07. The zero-order valence-electron chi connectivity index (χ0n) is 11.2. The first-order valence-corrected chi connectivity index (χ1v) is 6.07. The summed E-state index contributed by atoms with van der Waals surface area (Å²) >= 11 is 0. The molecular weight excluding hydrogens is 220 g/mol. The van der Waals surface area contributed by atoms with E-state index in [0.29, 0.717) is 24.9 Å². The van der Waals surface area contributed by atoms with E-state index in [0.717, 1.165) is 0 Å². The molecule has 100 valence electrons. The third-order valence-electron chi connectivity index (χ3n) is 2.07. The predicted molar refractivity (Wildman–Crippen MR) is 66.9 cm³/mol. The molecule has 0 heterocycles. The Hall–Kier alpha value is -1.26. The summed E-state index contributed by atoms with van der Waals surface area (Å²) < 4.78 is 0. The Bertz CT molecular complexity index is 242. The minimum Gasteiger partial charge on any atom is -0.481 e. The maximum absolute atomic E-state index is 11.8.